The summed E-state index contributed by atoms with van der Waals surface area (Å²) in [5, 5.41) is 4.80. The Morgan fingerprint density at radius 3 is 2.30 bits per heavy atom. The molecule has 0 aliphatic carbocycles. The van der Waals surface area contributed by atoms with Crippen LogP contribution in [0.5, 0.6) is 0 Å². The van der Waals surface area contributed by atoms with Crippen LogP contribution in [0.15, 0.2) is 54.7 Å². The van der Waals surface area contributed by atoms with Gasteiger partial charge in [-0.1, -0.05) is 59.7 Å². The maximum Gasteiger partial charge on any atom is 0.257 e. The maximum atomic E-state index is 13.3. The maximum absolute atomic E-state index is 13.3. The fourth-order valence-corrected chi connectivity index (χ4v) is 3.84. The zero-order valence-electron chi connectivity index (χ0n) is 17.5. The van der Waals surface area contributed by atoms with Gasteiger partial charge in [-0.2, -0.15) is 5.10 Å². The molecule has 1 aromatic heterocycles. The molecule has 30 heavy (non-hydrogen) atoms. The van der Waals surface area contributed by atoms with Crippen LogP contribution in [-0.4, -0.2) is 40.2 Å². The molecule has 3 aromatic rings. The minimum Gasteiger partial charge on any atom is -0.338 e. The van der Waals surface area contributed by atoms with Crippen LogP contribution < -0.4 is 5.73 Å². The molecular weight excluding hydrogens is 396 g/mol. The van der Waals surface area contributed by atoms with Gasteiger partial charge in [-0.15, -0.1) is 12.4 Å². The van der Waals surface area contributed by atoms with Gasteiger partial charge in [0.05, 0.1) is 12.1 Å². The van der Waals surface area contributed by atoms with Crippen LogP contribution in [0.4, 0.5) is 0 Å². The first-order chi connectivity index (χ1) is 14.0. The molecule has 0 spiro atoms. The van der Waals surface area contributed by atoms with Crippen LogP contribution in [0.1, 0.15) is 33.5 Å². The summed E-state index contributed by atoms with van der Waals surface area (Å²) in [6.07, 6.45) is 2.87. The van der Waals surface area contributed by atoms with Gasteiger partial charge in [0, 0.05) is 24.8 Å². The van der Waals surface area contributed by atoms with Gasteiger partial charge in [-0.25, -0.2) is 0 Å². The number of nitrogens with zero attached hydrogens (tertiary/aromatic N) is 3. The second kappa shape index (κ2) is 9.45. The van der Waals surface area contributed by atoms with Crippen molar-refractivity contribution in [3.8, 4) is 11.3 Å². The van der Waals surface area contributed by atoms with E-state index in [0.29, 0.717) is 24.6 Å². The molecule has 1 saturated heterocycles. The Hall–Kier alpha value is -2.63. The summed E-state index contributed by atoms with van der Waals surface area (Å²) in [7, 11) is 0. The normalized spacial score (nSPS) is 15.8. The highest BCUT2D eigenvalue weighted by molar-refractivity contribution is 6.00. The number of carbonyl (C=O) groups excluding carboxylic acids is 1. The molecule has 6 heteroatoms. The van der Waals surface area contributed by atoms with Crippen LogP contribution in [0, 0.1) is 19.8 Å². The number of amides is 1. The topological polar surface area (TPSA) is 64.2 Å². The SMILES string of the molecule is Cc1ccc(Cn2cc(C(=O)N3CCC(CN)C3)c(-c3ccc(C)cc3)n2)cc1.Cl. The van der Waals surface area contributed by atoms with Crippen molar-refractivity contribution in [2.24, 2.45) is 11.7 Å². The van der Waals surface area contributed by atoms with Crippen LogP contribution >= 0.6 is 12.4 Å². The highest BCUT2D eigenvalue weighted by atomic mass is 35.5. The van der Waals surface area contributed by atoms with Gasteiger partial charge in [-0.3, -0.25) is 9.48 Å². The van der Waals surface area contributed by atoms with E-state index in [-0.39, 0.29) is 18.3 Å². The third kappa shape index (κ3) is 4.74. The molecule has 1 aliphatic rings. The molecule has 0 radical (unpaired) electrons. The Morgan fingerprint density at radius 1 is 1.07 bits per heavy atom. The number of nitrogens with two attached hydrogens (primary N) is 1. The number of aromatic nitrogens is 2. The molecule has 1 amide bonds. The summed E-state index contributed by atoms with van der Waals surface area (Å²) < 4.78 is 1.88. The summed E-state index contributed by atoms with van der Waals surface area (Å²) in [6.45, 7) is 6.89. The third-order valence-electron chi connectivity index (χ3n) is 5.69. The first kappa shape index (κ1) is 22.1. The number of carbonyl (C=O) groups is 1. The number of halogens is 1. The molecule has 1 unspecified atom stereocenters. The van der Waals surface area contributed by atoms with Gasteiger partial charge >= 0.3 is 0 Å². The Kier molecular flexibility index (Phi) is 6.95. The van der Waals surface area contributed by atoms with Gasteiger partial charge < -0.3 is 10.6 Å². The predicted octanol–water partition coefficient (Wildman–Crippen LogP) is 4.06. The van der Waals surface area contributed by atoms with Gasteiger partial charge in [0.25, 0.3) is 5.91 Å². The first-order valence-electron chi connectivity index (χ1n) is 10.2. The Labute approximate surface area is 184 Å². The quantitative estimate of drug-likeness (QED) is 0.671. The fourth-order valence-electron chi connectivity index (χ4n) is 3.84. The molecule has 1 aliphatic heterocycles. The first-order valence-corrected chi connectivity index (χ1v) is 10.2. The average molecular weight is 425 g/mol. The van der Waals surface area contributed by atoms with Crippen LogP contribution in [0.3, 0.4) is 0 Å². The lowest BCUT2D eigenvalue weighted by Crippen LogP contribution is -2.30. The van der Waals surface area contributed by atoms with Crippen molar-refractivity contribution in [3.63, 3.8) is 0 Å². The molecule has 1 fully saturated rings. The summed E-state index contributed by atoms with van der Waals surface area (Å²) >= 11 is 0. The highest BCUT2D eigenvalue weighted by Crippen LogP contribution is 2.26. The Morgan fingerprint density at radius 2 is 1.70 bits per heavy atom. The molecular formula is C24H29ClN4O. The molecule has 0 bridgehead atoms. The number of hydrogen-bond donors (Lipinski definition) is 1. The summed E-state index contributed by atoms with van der Waals surface area (Å²) in [6, 6.07) is 16.6. The molecule has 4 rings (SSSR count). The van der Waals surface area contributed by atoms with Gasteiger partial charge in [0.15, 0.2) is 0 Å². The van der Waals surface area contributed by atoms with Crippen molar-refractivity contribution in [1.29, 1.82) is 0 Å². The number of benzene rings is 2. The van der Waals surface area contributed by atoms with E-state index in [9.17, 15) is 4.79 Å². The Balaban J connectivity index is 0.00000256. The van der Waals surface area contributed by atoms with Gasteiger partial charge in [-0.05, 0) is 38.3 Å². The van der Waals surface area contributed by atoms with E-state index in [1.165, 1.54) is 11.1 Å². The molecule has 1 atom stereocenters. The van der Waals surface area contributed by atoms with E-state index in [2.05, 4.69) is 50.2 Å². The van der Waals surface area contributed by atoms with Crippen LogP contribution in [-0.2, 0) is 6.54 Å². The molecule has 2 heterocycles. The van der Waals surface area contributed by atoms with Crippen molar-refractivity contribution < 1.29 is 4.79 Å². The van der Waals surface area contributed by atoms with Crippen molar-refractivity contribution in [2.75, 3.05) is 19.6 Å². The zero-order chi connectivity index (χ0) is 20.4. The van der Waals surface area contributed by atoms with E-state index in [0.717, 1.165) is 36.3 Å². The van der Waals surface area contributed by atoms with Gasteiger partial charge in [0.1, 0.15) is 5.69 Å². The van der Waals surface area contributed by atoms with E-state index in [1.54, 1.807) is 0 Å². The summed E-state index contributed by atoms with van der Waals surface area (Å²) in [5.41, 5.74) is 11.8. The fraction of sp³-hybridized carbons (Fsp3) is 0.333. The van der Waals surface area contributed by atoms with E-state index in [1.807, 2.05) is 27.9 Å². The minimum absolute atomic E-state index is 0. The second-order valence-electron chi connectivity index (χ2n) is 8.08. The summed E-state index contributed by atoms with van der Waals surface area (Å²) in [5.74, 6) is 0.441. The van der Waals surface area contributed by atoms with Crippen molar-refractivity contribution in [1.82, 2.24) is 14.7 Å². The lowest BCUT2D eigenvalue weighted by atomic mass is 10.1. The monoisotopic (exact) mass is 424 g/mol. The Bertz CT molecular complexity index is 995. The molecule has 158 valence electrons. The third-order valence-corrected chi connectivity index (χ3v) is 5.69. The van der Waals surface area contributed by atoms with E-state index < -0.39 is 0 Å². The van der Waals surface area contributed by atoms with Crippen molar-refractivity contribution in [2.45, 2.75) is 26.8 Å². The molecule has 2 N–H and O–H groups in total. The molecule has 0 saturated carbocycles. The number of hydrogen-bond acceptors (Lipinski definition) is 3. The highest BCUT2D eigenvalue weighted by Gasteiger charge is 2.29. The lowest BCUT2D eigenvalue weighted by Gasteiger charge is -2.16. The molecule has 2 aromatic carbocycles. The van der Waals surface area contributed by atoms with Gasteiger partial charge in [0.2, 0.25) is 0 Å². The standard InChI is InChI=1S/C24H28N4O.ClH/c1-17-3-7-19(8-4-17)15-28-16-22(24(29)27-12-11-20(13-25)14-27)23(26-28)21-9-5-18(2)6-10-21;/h3-10,16,20H,11-15,25H2,1-2H3;1H. The van der Waals surface area contributed by atoms with Crippen LogP contribution in [0.25, 0.3) is 11.3 Å². The largest absolute Gasteiger partial charge is 0.338 e. The smallest absolute Gasteiger partial charge is 0.257 e. The van der Waals surface area contributed by atoms with E-state index in [4.69, 9.17) is 10.8 Å². The number of rotatable bonds is 5. The average Bonchev–Trinajstić information content (AvgIpc) is 3.37. The predicted molar refractivity (Wildman–Crippen MR) is 123 cm³/mol. The van der Waals surface area contributed by atoms with Crippen LogP contribution in [0.2, 0.25) is 0 Å². The summed E-state index contributed by atoms with van der Waals surface area (Å²) in [4.78, 5) is 15.2. The second-order valence-corrected chi connectivity index (χ2v) is 8.08. The van der Waals surface area contributed by atoms with Crippen molar-refractivity contribution >= 4 is 18.3 Å². The number of aryl methyl sites for hydroxylation is 2. The van der Waals surface area contributed by atoms with Crippen molar-refractivity contribution in [3.05, 3.63) is 77.0 Å². The van der Waals surface area contributed by atoms with E-state index >= 15 is 0 Å². The zero-order valence-corrected chi connectivity index (χ0v) is 18.4. The lowest BCUT2D eigenvalue weighted by molar-refractivity contribution is 0.0788. The molecule has 5 nitrogen and oxygen atoms in total. The number of likely N-dealkylation sites (tertiary alicyclic amines) is 1. The minimum atomic E-state index is 0.